The van der Waals surface area contributed by atoms with Crippen molar-refractivity contribution in [3.05, 3.63) is 68.7 Å². The van der Waals surface area contributed by atoms with Crippen LogP contribution in [0.4, 0.5) is 5.13 Å². The summed E-state index contributed by atoms with van der Waals surface area (Å²) in [5.41, 5.74) is 1.47. The summed E-state index contributed by atoms with van der Waals surface area (Å²) in [5.74, 6) is -0.681. The van der Waals surface area contributed by atoms with Gasteiger partial charge >= 0.3 is 5.91 Å². The topological polar surface area (TPSA) is 98.2 Å². The lowest BCUT2D eigenvalue weighted by Gasteiger charge is -2.24. The number of carbonyl (C=O) groups is 2. The number of thiazole rings is 1. The van der Waals surface area contributed by atoms with Crippen LogP contribution in [0.25, 0.3) is 5.76 Å². The van der Waals surface area contributed by atoms with Crippen molar-refractivity contribution in [1.29, 1.82) is 0 Å². The van der Waals surface area contributed by atoms with E-state index in [9.17, 15) is 14.7 Å². The lowest BCUT2D eigenvalue weighted by atomic mass is 9.95. The molecule has 1 aromatic heterocycles. The van der Waals surface area contributed by atoms with Crippen LogP contribution in [0.1, 0.15) is 27.7 Å². The minimum absolute atomic E-state index is 0.0889. The van der Waals surface area contributed by atoms with Crippen LogP contribution in [0, 0.1) is 13.8 Å². The standard InChI is InChI=1S/C25H23ClN2O6S/c1-12-13(2)35-25(27-12)28-21(14-6-9-18(33-4)19(11-14)34-5)20(23(30)24(28)31)22(29)15-7-8-17(32-3)16(26)10-15/h6-11,21,29H,1-5H3/t21-/m0/s1. The highest BCUT2D eigenvalue weighted by molar-refractivity contribution is 7.16. The zero-order valence-electron chi connectivity index (χ0n) is 19.7. The number of aryl methyl sites for hydroxylation is 2. The Morgan fingerprint density at radius 1 is 1.00 bits per heavy atom. The van der Waals surface area contributed by atoms with Gasteiger partial charge in [-0.05, 0) is 49.7 Å². The first-order valence-corrected chi connectivity index (χ1v) is 11.7. The molecule has 4 rings (SSSR count). The van der Waals surface area contributed by atoms with Crippen LogP contribution < -0.4 is 19.1 Å². The maximum Gasteiger partial charge on any atom is 0.301 e. The second-order valence-corrected chi connectivity index (χ2v) is 9.36. The summed E-state index contributed by atoms with van der Waals surface area (Å²) in [4.78, 5) is 33.3. The average molecular weight is 515 g/mol. The molecule has 1 saturated heterocycles. The Kier molecular flexibility index (Phi) is 6.73. The van der Waals surface area contributed by atoms with Gasteiger partial charge in [0.15, 0.2) is 16.6 Å². The van der Waals surface area contributed by atoms with E-state index < -0.39 is 17.7 Å². The van der Waals surface area contributed by atoms with Crippen molar-refractivity contribution in [2.75, 3.05) is 26.2 Å². The number of carbonyl (C=O) groups excluding carboxylic acids is 2. The van der Waals surface area contributed by atoms with E-state index in [1.165, 1.54) is 43.6 Å². The van der Waals surface area contributed by atoms with Crippen LogP contribution in [0.5, 0.6) is 17.2 Å². The van der Waals surface area contributed by atoms with Crippen LogP contribution >= 0.6 is 22.9 Å². The summed E-state index contributed by atoms with van der Waals surface area (Å²) in [6, 6.07) is 8.73. The minimum Gasteiger partial charge on any atom is -0.507 e. The second kappa shape index (κ2) is 9.59. The molecule has 2 heterocycles. The van der Waals surface area contributed by atoms with Gasteiger partial charge in [0.2, 0.25) is 0 Å². The zero-order valence-corrected chi connectivity index (χ0v) is 21.3. The number of ketones is 1. The molecule has 1 aliphatic rings. The number of aliphatic hydroxyl groups is 1. The largest absolute Gasteiger partial charge is 0.507 e. The average Bonchev–Trinajstić information content (AvgIpc) is 3.32. The van der Waals surface area contributed by atoms with Crippen LogP contribution in [-0.4, -0.2) is 43.1 Å². The Hall–Kier alpha value is -3.56. The van der Waals surface area contributed by atoms with Crippen LogP contribution in [0.3, 0.4) is 0 Å². The number of nitrogens with zero attached hydrogens (tertiary/aromatic N) is 2. The molecule has 0 spiro atoms. The molecule has 3 aromatic rings. The van der Waals surface area contributed by atoms with Gasteiger partial charge in [-0.1, -0.05) is 17.7 Å². The first-order valence-electron chi connectivity index (χ1n) is 10.5. The van der Waals surface area contributed by atoms with E-state index in [2.05, 4.69) is 4.98 Å². The van der Waals surface area contributed by atoms with Crippen molar-refractivity contribution in [2.24, 2.45) is 0 Å². The van der Waals surface area contributed by atoms with E-state index in [1.54, 1.807) is 30.3 Å². The molecule has 1 N–H and O–H groups in total. The Morgan fingerprint density at radius 2 is 1.66 bits per heavy atom. The predicted molar refractivity (Wildman–Crippen MR) is 134 cm³/mol. The number of hydrogen-bond acceptors (Lipinski definition) is 8. The Balaban J connectivity index is 1.97. The number of anilines is 1. The number of rotatable bonds is 6. The third kappa shape index (κ3) is 4.21. The van der Waals surface area contributed by atoms with Gasteiger partial charge in [-0.25, -0.2) is 4.98 Å². The van der Waals surface area contributed by atoms with Gasteiger partial charge in [-0.15, -0.1) is 11.3 Å². The van der Waals surface area contributed by atoms with E-state index in [4.69, 9.17) is 25.8 Å². The Labute approximate surface area is 211 Å². The molecular formula is C25H23ClN2O6S. The molecule has 1 aliphatic heterocycles. The molecular weight excluding hydrogens is 492 g/mol. The highest BCUT2D eigenvalue weighted by atomic mass is 35.5. The van der Waals surface area contributed by atoms with Crippen molar-refractivity contribution in [3.8, 4) is 17.2 Å². The molecule has 35 heavy (non-hydrogen) atoms. The number of halogens is 1. The molecule has 2 aromatic carbocycles. The highest BCUT2D eigenvalue weighted by Crippen LogP contribution is 2.45. The maximum absolute atomic E-state index is 13.3. The quantitative estimate of drug-likeness (QED) is 0.279. The molecule has 0 unspecified atom stereocenters. The van der Waals surface area contributed by atoms with E-state index in [0.29, 0.717) is 27.9 Å². The SMILES string of the molecule is COc1ccc(C(O)=C2C(=O)C(=O)N(c3nc(C)c(C)s3)[C@H]2c2ccc(OC)c(OC)c2)cc1Cl. The van der Waals surface area contributed by atoms with Gasteiger partial charge in [-0.3, -0.25) is 14.5 Å². The summed E-state index contributed by atoms with van der Waals surface area (Å²) in [5, 5.41) is 11.9. The molecule has 182 valence electrons. The molecule has 1 fully saturated rings. The zero-order chi connectivity index (χ0) is 25.4. The number of Topliss-reactive ketones (excluding diaryl/α,β-unsaturated/α-hetero) is 1. The molecule has 0 saturated carbocycles. The summed E-state index contributed by atoms with van der Waals surface area (Å²) in [6.07, 6.45) is 0. The third-order valence-corrected chi connectivity index (χ3v) is 7.18. The number of aliphatic hydroxyl groups excluding tert-OH is 1. The van der Waals surface area contributed by atoms with Gasteiger partial charge in [0.05, 0.1) is 43.7 Å². The number of benzene rings is 2. The Bertz CT molecular complexity index is 1350. The van der Waals surface area contributed by atoms with Gasteiger partial charge < -0.3 is 19.3 Å². The van der Waals surface area contributed by atoms with E-state index in [1.807, 2.05) is 13.8 Å². The van der Waals surface area contributed by atoms with Crippen LogP contribution in [-0.2, 0) is 9.59 Å². The lowest BCUT2D eigenvalue weighted by molar-refractivity contribution is -0.132. The summed E-state index contributed by atoms with van der Waals surface area (Å²) < 4.78 is 16.0. The van der Waals surface area contributed by atoms with Crippen molar-refractivity contribution in [1.82, 2.24) is 4.98 Å². The van der Waals surface area contributed by atoms with Crippen molar-refractivity contribution in [2.45, 2.75) is 19.9 Å². The van der Waals surface area contributed by atoms with Gasteiger partial charge in [0.1, 0.15) is 11.5 Å². The van der Waals surface area contributed by atoms with Gasteiger partial charge in [0.25, 0.3) is 5.78 Å². The number of amides is 1. The summed E-state index contributed by atoms with van der Waals surface area (Å²) in [6.45, 7) is 3.72. The van der Waals surface area contributed by atoms with Crippen molar-refractivity contribution < 1.29 is 28.9 Å². The molecule has 10 heteroatoms. The molecule has 0 aliphatic carbocycles. The Morgan fingerprint density at radius 3 is 2.23 bits per heavy atom. The molecule has 0 radical (unpaired) electrons. The van der Waals surface area contributed by atoms with Crippen LogP contribution in [0.15, 0.2) is 42.0 Å². The third-order valence-electron chi connectivity index (χ3n) is 5.82. The first-order chi connectivity index (χ1) is 16.7. The lowest BCUT2D eigenvalue weighted by Crippen LogP contribution is -2.29. The number of ether oxygens (including phenoxy) is 3. The smallest absolute Gasteiger partial charge is 0.301 e. The predicted octanol–water partition coefficient (Wildman–Crippen LogP) is 5.07. The number of methoxy groups -OCH3 is 3. The fourth-order valence-corrected chi connectivity index (χ4v) is 5.09. The first kappa shape index (κ1) is 24.6. The van der Waals surface area contributed by atoms with Crippen LogP contribution in [0.2, 0.25) is 5.02 Å². The van der Waals surface area contributed by atoms with Gasteiger partial charge in [0, 0.05) is 10.4 Å². The molecule has 8 nitrogen and oxygen atoms in total. The molecule has 1 amide bonds. The minimum atomic E-state index is -0.958. The van der Waals surface area contributed by atoms with Crippen molar-refractivity contribution in [3.63, 3.8) is 0 Å². The van der Waals surface area contributed by atoms with Crippen molar-refractivity contribution >= 4 is 45.5 Å². The molecule has 0 bridgehead atoms. The van der Waals surface area contributed by atoms with E-state index in [0.717, 1.165) is 10.6 Å². The number of hydrogen-bond donors (Lipinski definition) is 1. The maximum atomic E-state index is 13.3. The summed E-state index contributed by atoms with van der Waals surface area (Å²) >= 11 is 7.55. The highest BCUT2D eigenvalue weighted by Gasteiger charge is 2.48. The van der Waals surface area contributed by atoms with E-state index >= 15 is 0 Å². The fraction of sp³-hybridized carbons (Fsp3) is 0.240. The van der Waals surface area contributed by atoms with Gasteiger partial charge in [-0.2, -0.15) is 0 Å². The normalized spacial score (nSPS) is 17.1. The number of aromatic nitrogens is 1. The fourth-order valence-electron chi connectivity index (χ4n) is 3.90. The summed E-state index contributed by atoms with van der Waals surface area (Å²) in [7, 11) is 4.48. The molecule has 1 atom stereocenters. The van der Waals surface area contributed by atoms with E-state index in [-0.39, 0.29) is 21.9 Å². The monoisotopic (exact) mass is 514 g/mol. The second-order valence-electron chi connectivity index (χ2n) is 7.77.